The van der Waals surface area contributed by atoms with Gasteiger partial charge in [0, 0.05) is 29.6 Å². The van der Waals surface area contributed by atoms with Gasteiger partial charge in [0.05, 0.1) is 22.9 Å². The van der Waals surface area contributed by atoms with Gasteiger partial charge in [0.2, 0.25) is 0 Å². The number of aliphatic hydroxyl groups excluding tert-OH is 1. The van der Waals surface area contributed by atoms with E-state index in [2.05, 4.69) is 34.6 Å². The summed E-state index contributed by atoms with van der Waals surface area (Å²) in [5.41, 5.74) is 11.2. The Morgan fingerprint density at radius 1 is 1.10 bits per heavy atom. The van der Waals surface area contributed by atoms with Crippen LogP contribution in [0.15, 0.2) is 30.5 Å². The first-order valence-corrected chi connectivity index (χ1v) is 11.4. The van der Waals surface area contributed by atoms with E-state index in [-0.39, 0.29) is 17.8 Å². The molecule has 0 radical (unpaired) electrons. The standard InChI is InChI=1S/C25H31N3O2/c26-18-6-8-19(9-7-18)28-24-21-13-17(15-3-10-20(29)11-4-15)5-12-23(21)27-14-22(24)25(30)16-1-2-16/h3,5,12-14,16,18-20,29H,1-2,4,6-11,26H2,(H,27,28). The van der Waals surface area contributed by atoms with Gasteiger partial charge in [-0.25, -0.2) is 0 Å². The summed E-state index contributed by atoms with van der Waals surface area (Å²) in [5, 5.41) is 14.6. The van der Waals surface area contributed by atoms with E-state index in [9.17, 15) is 9.90 Å². The first-order valence-electron chi connectivity index (χ1n) is 11.4. The molecule has 2 saturated carbocycles. The van der Waals surface area contributed by atoms with Gasteiger partial charge in [-0.15, -0.1) is 0 Å². The highest BCUT2D eigenvalue weighted by Gasteiger charge is 2.33. The van der Waals surface area contributed by atoms with Gasteiger partial charge in [0.25, 0.3) is 0 Å². The van der Waals surface area contributed by atoms with Gasteiger partial charge in [-0.1, -0.05) is 12.1 Å². The number of Topliss-reactive ketones (excluding diaryl/α,β-unsaturated/α-hetero) is 1. The van der Waals surface area contributed by atoms with Crippen LogP contribution in [0.2, 0.25) is 0 Å². The average molecular weight is 406 g/mol. The summed E-state index contributed by atoms with van der Waals surface area (Å²) in [7, 11) is 0. The summed E-state index contributed by atoms with van der Waals surface area (Å²) >= 11 is 0. The number of nitrogens with one attached hydrogen (secondary N) is 1. The van der Waals surface area contributed by atoms with Crippen LogP contribution in [0.4, 0.5) is 5.69 Å². The minimum Gasteiger partial charge on any atom is -0.393 e. The Balaban J connectivity index is 1.55. The van der Waals surface area contributed by atoms with E-state index in [0.29, 0.717) is 18.5 Å². The van der Waals surface area contributed by atoms with Crippen molar-refractivity contribution in [2.24, 2.45) is 11.7 Å². The molecule has 0 bridgehead atoms. The molecule has 158 valence electrons. The predicted octanol–water partition coefficient (Wildman–Crippen LogP) is 4.44. The third-order valence-corrected chi connectivity index (χ3v) is 6.96. The summed E-state index contributed by atoms with van der Waals surface area (Å²) in [6.45, 7) is 0. The number of allylic oxidation sites excluding steroid dienone is 1. The number of aromatic nitrogens is 1. The zero-order valence-electron chi connectivity index (χ0n) is 17.4. The van der Waals surface area contributed by atoms with Crippen molar-refractivity contribution in [1.82, 2.24) is 4.98 Å². The van der Waals surface area contributed by atoms with Crippen molar-refractivity contribution in [2.45, 2.75) is 76.0 Å². The van der Waals surface area contributed by atoms with E-state index >= 15 is 0 Å². The smallest absolute Gasteiger partial charge is 0.169 e. The Labute approximate surface area is 177 Å². The van der Waals surface area contributed by atoms with E-state index in [1.807, 2.05) is 0 Å². The monoisotopic (exact) mass is 405 g/mol. The molecule has 2 fully saturated rings. The number of ketones is 1. The van der Waals surface area contributed by atoms with Gasteiger partial charge in [-0.05, 0) is 81.1 Å². The van der Waals surface area contributed by atoms with Gasteiger partial charge < -0.3 is 16.2 Å². The molecule has 5 rings (SSSR count). The molecule has 3 aliphatic rings. The molecule has 1 aromatic heterocycles. The first kappa shape index (κ1) is 19.7. The van der Waals surface area contributed by atoms with E-state index in [1.54, 1.807) is 6.20 Å². The number of hydrogen-bond acceptors (Lipinski definition) is 5. The second-order valence-electron chi connectivity index (χ2n) is 9.33. The van der Waals surface area contributed by atoms with Crippen molar-refractivity contribution in [3.8, 4) is 0 Å². The number of anilines is 1. The molecule has 1 atom stereocenters. The van der Waals surface area contributed by atoms with Crippen LogP contribution in [0.25, 0.3) is 16.5 Å². The molecule has 0 amide bonds. The quantitative estimate of drug-likeness (QED) is 0.640. The van der Waals surface area contributed by atoms with Gasteiger partial charge in [0.15, 0.2) is 5.78 Å². The van der Waals surface area contributed by atoms with Crippen molar-refractivity contribution in [3.05, 3.63) is 41.6 Å². The van der Waals surface area contributed by atoms with Crippen LogP contribution in [0.5, 0.6) is 0 Å². The number of hydrogen-bond donors (Lipinski definition) is 3. The van der Waals surface area contributed by atoms with Crippen LogP contribution in [0.1, 0.15) is 73.7 Å². The normalized spacial score (nSPS) is 27.0. The summed E-state index contributed by atoms with van der Waals surface area (Å²) in [5.74, 6) is 0.389. The molecular weight excluding hydrogens is 374 g/mol. The number of nitrogens with zero attached hydrogens (tertiary/aromatic N) is 1. The zero-order valence-corrected chi connectivity index (χ0v) is 17.4. The zero-order chi connectivity index (χ0) is 20.7. The molecule has 5 heteroatoms. The Morgan fingerprint density at radius 2 is 1.90 bits per heavy atom. The average Bonchev–Trinajstić information content (AvgIpc) is 3.61. The minimum atomic E-state index is -0.228. The van der Waals surface area contributed by atoms with Crippen molar-refractivity contribution in [2.75, 3.05) is 5.32 Å². The highest BCUT2D eigenvalue weighted by atomic mass is 16.3. The van der Waals surface area contributed by atoms with Crippen molar-refractivity contribution < 1.29 is 9.90 Å². The van der Waals surface area contributed by atoms with Gasteiger partial charge in [-0.3, -0.25) is 9.78 Å². The summed E-state index contributed by atoms with van der Waals surface area (Å²) < 4.78 is 0. The number of carbonyl (C=O) groups excluding carboxylic acids is 1. The summed E-state index contributed by atoms with van der Waals surface area (Å²) in [6, 6.07) is 7.00. The first-order chi connectivity index (χ1) is 14.6. The second-order valence-corrected chi connectivity index (χ2v) is 9.33. The molecule has 0 saturated heterocycles. The second kappa shape index (κ2) is 8.12. The van der Waals surface area contributed by atoms with E-state index in [1.165, 1.54) is 11.1 Å². The van der Waals surface area contributed by atoms with Crippen molar-refractivity contribution >= 4 is 27.9 Å². The lowest BCUT2D eigenvalue weighted by Gasteiger charge is -2.29. The molecule has 0 spiro atoms. The lowest BCUT2D eigenvalue weighted by atomic mass is 9.89. The van der Waals surface area contributed by atoms with Gasteiger partial charge in [-0.2, -0.15) is 0 Å². The number of fused-ring (bicyclic) bond motifs is 1. The van der Waals surface area contributed by atoms with Crippen LogP contribution < -0.4 is 11.1 Å². The maximum atomic E-state index is 13.0. The fourth-order valence-electron chi connectivity index (χ4n) is 4.85. The number of pyridine rings is 1. The number of carbonyl (C=O) groups is 1. The molecule has 1 unspecified atom stereocenters. The van der Waals surface area contributed by atoms with E-state index < -0.39 is 0 Å². The summed E-state index contributed by atoms with van der Waals surface area (Å²) in [6.07, 6.45) is 12.2. The van der Waals surface area contributed by atoms with Crippen molar-refractivity contribution in [3.63, 3.8) is 0 Å². The number of rotatable bonds is 5. The van der Waals surface area contributed by atoms with Crippen LogP contribution in [-0.4, -0.2) is 34.1 Å². The Morgan fingerprint density at radius 3 is 2.60 bits per heavy atom. The topological polar surface area (TPSA) is 88.2 Å². The van der Waals surface area contributed by atoms with Crippen molar-refractivity contribution in [1.29, 1.82) is 0 Å². The number of benzene rings is 1. The molecule has 30 heavy (non-hydrogen) atoms. The van der Waals surface area contributed by atoms with E-state index in [0.717, 1.165) is 73.5 Å². The number of aliphatic hydroxyl groups is 1. The van der Waals surface area contributed by atoms with Crippen LogP contribution in [0, 0.1) is 5.92 Å². The summed E-state index contributed by atoms with van der Waals surface area (Å²) in [4.78, 5) is 17.7. The van der Waals surface area contributed by atoms with Crippen LogP contribution in [-0.2, 0) is 0 Å². The van der Waals surface area contributed by atoms with Gasteiger partial charge in [0.1, 0.15) is 0 Å². The maximum absolute atomic E-state index is 13.0. The largest absolute Gasteiger partial charge is 0.393 e. The molecule has 4 N–H and O–H groups in total. The SMILES string of the molecule is NC1CCC(Nc2c(C(=O)C3CC3)cnc3ccc(C4=CCC(O)CC4)cc23)CC1. The fourth-order valence-corrected chi connectivity index (χ4v) is 4.85. The molecule has 1 aromatic carbocycles. The molecular formula is C25H31N3O2. The van der Waals surface area contributed by atoms with Gasteiger partial charge >= 0.3 is 0 Å². The predicted molar refractivity (Wildman–Crippen MR) is 120 cm³/mol. The maximum Gasteiger partial charge on any atom is 0.169 e. The van der Waals surface area contributed by atoms with E-state index in [4.69, 9.17) is 5.73 Å². The molecule has 1 heterocycles. The lowest BCUT2D eigenvalue weighted by molar-refractivity contribution is 0.0968. The third-order valence-electron chi connectivity index (χ3n) is 6.96. The number of nitrogens with two attached hydrogens (primary N) is 1. The fraction of sp³-hybridized carbons (Fsp3) is 0.520. The van der Waals surface area contributed by atoms with Crippen LogP contribution in [0.3, 0.4) is 0 Å². The highest BCUT2D eigenvalue weighted by Crippen LogP contribution is 2.38. The third kappa shape index (κ3) is 4.01. The molecule has 2 aromatic rings. The van der Waals surface area contributed by atoms with Crippen LogP contribution >= 0.6 is 0 Å². The Bertz CT molecular complexity index is 987. The Hall–Kier alpha value is -2.24. The Kier molecular flexibility index (Phi) is 5.34. The molecule has 3 aliphatic carbocycles. The molecule has 5 nitrogen and oxygen atoms in total. The highest BCUT2D eigenvalue weighted by molar-refractivity contribution is 6.10. The minimum absolute atomic E-state index is 0.162. The molecule has 0 aliphatic heterocycles. The lowest BCUT2D eigenvalue weighted by Crippen LogP contribution is -2.33.